The molecule has 2 heterocycles. The van der Waals surface area contributed by atoms with Crippen molar-refractivity contribution >= 4 is 17.5 Å². The van der Waals surface area contributed by atoms with E-state index in [1.807, 2.05) is 0 Å². The lowest BCUT2D eigenvalue weighted by atomic mass is 9.95. The third kappa shape index (κ3) is 5.91. The number of amides is 1. The van der Waals surface area contributed by atoms with Gasteiger partial charge in [-0.3, -0.25) is 4.79 Å². The molecule has 1 saturated heterocycles. The van der Waals surface area contributed by atoms with E-state index in [-0.39, 0.29) is 11.1 Å². The van der Waals surface area contributed by atoms with Crippen molar-refractivity contribution in [2.45, 2.75) is 38.1 Å². The van der Waals surface area contributed by atoms with E-state index < -0.39 is 0 Å². The van der Waals surface area contributed by atoms with Crippen LogP contribution in [-0.2, 0) is 0 Å². The molecular formula is C16H25ClN4O. The average molecular weight is 325 g/mol. The second kappa shape index (κ2) is 9.77. The number of rotatable bonds is 2. The van der Waals surface area contributed by atoms with E-state index in [1.165, 1.54) is 19.3 Å². The molecule has 1 aromatic rings. The van der Waals surface area contributed by atoms with Crippen LogP contribution in [-0.4, -0.2) is 43.1 Å². The number of piperazine rings is 1. The minimum Gasteiger partial charge on any atom is -0.349 e. The summed E-state index contributed by atoms with van der Waals surface area (Å²) in [5.41, 5.74) is 0.467. The minimum absolute atomic E-state index is 0.106. The van der Waals surface area contributed by atoms with Crippen molar-refractivity contribution in [2.75, 3.05) is 26.2 Å². The predicted octanol–water partition coefficient (Wildman–Crippen LogP) is 1.98. The Labute approximate surface area is 137 Å². The third-order valence-electron chi connectivity index (χ3n) is 3.90. The van der Waals surface area contributed by atoms with Gasteiger partial charge in [-0.15, -0.1) is 0 Å². The lowest BCUT2D eigenvalue weighted by molar-refractivity contribution is 0.0927. The number of nitrogens with zero attached hydrogens (tertiary/aromatic N) is 1. The van der Waals surface area contributed by atoms with Crippen LogP contribution in [0.5, 0.6) is 0 Å². The Kier molecular flexibility index (Phi) is 7.63. The molecule has 0 bridgehead atoms. The lowest BCUT2D eigenvalue weighted by Gasteiger charge is -2.22. The molecule has 5 nitrogen and oxygen atoms in total. The number of hydrogen-bond donors (Lipinski definition) is 3. The van der Waals surface area contributed by atoms with Gasteiger partial charge in [-0.05, 0) is 25.0 Å². The molecule has 1 aliphatic heterocycles. The van der Waals surface area contributed by atoms with Crippen molar-refractivity contribution < 1.29 is 4.79 Å². The van der Waals surface area contributed by atoms with Gasteiger partial charge in [0.25, 0.3) is 5.91 Å². The van der Waals surface area contributed by atoms with Gasteiger partial charge in [0.15, 0.2) is 0 Å². The van der Waals surface area contributed by atoms with Crippen molar-refractivity contribution in [3.63, 3.8) is 0 Å². The van der Waals surface area contributed by atoms with Crippen LogP contribution >= 0.6 is 11.6 Å². The SMILES string of the molecule is C1CNCCN1.O=C(NC1CCCCC1)c1cccnc1Cl. The normalized spacial score (nSPS) is 19.0. The summed E-state index contributed by atoms with van der Waals surface area (Å²) in [7, 11) is 0. The first-order chi connectivity index (χ1) is 10.8. The maximum absolute atomic E-state index is 11.9. The van der Waals surface area contributed by atoms with Crippen molar-refractivity contribution in [1.29, 1.82) is 0 Å². The maximum Gasteiger partial charge on any atom is 0.254 e. The van der Waals surface area contributed by atoms with Crippen LogP contribution in [0.2, 0.25) is 5.15 Å². The number of pyridine rings is 1. The van der Waals surface area contributed by atoms with Crippen molar-refractivity contribution in [1.82, 2.24) is 20.9 Å². The van der Waals surface area contributed by atoms with Crippen LogP contribution in [0.15, 0.2) is 18.3 Å². The second-order valence-electron chi connectivity index (χ2n) is 5.65. The molecule has 2 fully saturated rings. The summed E-state index contributed by atoms with van der Waals surface area (Å²) in [6.07, 6.45) is 7.41. The number of carbonyl (C=O) groups excluding carboxylic acids is 1. The fraction of sp³-hybridized carbons (Fsp3) is 0.625. The van der Waals surface area contributed by atoms with Gasteiger partial charge in [0, 0.05) is 38.4 Å². The quantitative estimate of drug-likeness (QED) is 0.728. The number of nitrogens with one attached hydrogen (secondary N) is 3. The summed E-state index contributed by atoms with van der Waals surface area (Å²) >= 11 is 5.86. The van der Waals surface area contributed by atoms with Crippen LogP contribution in [0.25, 0.3) is 0 Å². The summed E-state index contributed by atoms with van der Waals surface area (Å²) < 4.78 is 0. The molecule has 3 rings (SSSR count). The highest BCUT2D eigenvalue weighted by Crippen LogP contribution is 2.18. The summed E-state index contributed by atoms with van der Waals surface area (Å²) in [5, 5.41) is 9.73. The number of carbonyl (C=O) groups is 1. The number of hydrogen-bond acceptors (Lipinski definition) is 4. The zero-order chi connectivity index (χ0) is 15.6. The molecule has 1 aromatic heterocycles. The molecule has 0 radical (unpaired) electrons. The largest absolute Gasteiger partial charge is 0.349 e. The van der Waals surface area contributed by atoms with Gasteiger partial charge in [-0.25, -0.2) is 4.98 Å². The highest BCUT2D eigenvalue weighted by Gasteiger charge is 2.18. The average Bonchev–Trinajstić information content (AvgIpc) is 2.58. The van der Waals surface area contributed by atoms with Gasteiger partial charge in [0.2, 0.25) is 0 Å². The molecule has 0 atom stereocenters. The summed E-state index contributed by atoms with van der Waals surface area (Å²) in [5.74, 6) is -0.106. The Morgan fingerprint density at radius 1 is 1.14 bits per heavy atom. The Bertz CT molecular complexity index is 448. The van der Waals surface area contributed by atoms with Gasteiger partial charge in [0.05, 0.1) is 5.56 Å². The number of halogens is 1. The molecule has 22 heavy (non-hydrogen) atoms. The predicted molar refractivity (Wildman–Crippen MR) is 89.3 cm³/mol. The Morgan fingerprint density at radius 2 is 1.77 bits per heavy atom. The lowest BCUT2D eigenvalue weighted by Crippen LogP contribution is -2.39. The van der Waals surface area contributed by atoms with E-state index in [0.717, 1.165) is 39.0 Å². The fourth-order valence-electron chi connectivity index (χ4n) is 2.67. The van der Waals surface area contributed by atoms with Gasteiger partial charge in [-0.1, -0.05) is 30.9 Å². The summed E-state index contributed by atoms with van der Waals surface area (Å²) in [6, 6.07) is 3.73. The van der Waals surface area contributed by atoms with Crippen molar-refractivity contribution in [3.8, 4) is 0 Å². The van der Waals surface area contributed by atoms with E-state index in [2.05, 4.69) is 20.9 Å². The van der Waals surface area contributed by atoms with Crippen LogP contribution in [0.4, 0.5) is 0 Å². The van der Waals surface area contributed by atoms with E-state index in [9.17, 15) is 4.79 Å². The third-order valence-corrected chi connectivity index (χ3v) is 4.20. The van der Waals surface area contributed by atoms with E-state index in [4.69, 9.17) is 11.6 Å². The number of aromatic nitrogens is 1. The van der Waals surface area contributed by atoms with E-state index in [1.54, 1.807) is 18.3 Å². The van der Waals surface area contributed by atoms with Crippen LogP contribution in [0, 0.1) is 0 Å². The molecular weight excluding hydrogens is 300 g/mol. The molecule has 6 heteroatoms. The first-order valence-corrected chi connectivity index (χ1v) is 8.48. The highest BCUT2D eigenvalue weighted by molar-refractivity contribution is 6.32. The fourth-order valence-corrected chi connectivity index (χ4v) is 2.87. The molecule has 2 aliphatic rings. The molecule has 0 unspecified atom stereocenters. The molecule has 1 aliphatic carbocycles. The first-order valence-electron chi connectivity index (χ1n) is 8.10. The Hall–Kier alpha value is -1.17. The van der Waals surface area contributed by atoms with Gasteiger partial charge in [-0.2, -0.15) is 0 Å². The van der Waals surface area contributed by atoms with E-state index >= 15 is 0 Å². The summed E-state index contributed by atoms with van der Waals surface area (Å²) in [4.78, 5) is 15.8. The highest BCUT2D eigenvalue weighted by atomic mass is 35.5. The smallest absolute Gasteiger partial charge is 0.254 e. The van der Waals surface area contributed by atoms with Gasteiger partial charge < -0.3 is 16.0 Å². The van der Waals surface area contributed by atoms with Crippen molar-refractivity contribution in [3.05, 3.63) is 29.0 Å². The van der Waals surface area contributed by atoms with Crippen molar-refractivity contribution in [2.24, 2.45) is 0 Å². The van der Waals surface area contributed by atoms with Gasteiger partial charge in [0.1, 0.15) is 5.15 Å². The molecule has 0 spiro atoms. The second-order valence-corrected chi connectivity index (χ2v) is 6.01. The maximum atomic E-state index is 11.9. The molecule has 122 valence electrons. The molecule has 0 aromatic carbocycles. The van der Waals surface area contributed by atoms with Crippen LogP contribution in [0.1, 0.15) is 42.5 Å². The molecule has 1 amide bonds. The monoisotopic (exact) mass is 324 g/mol. The summed E-state index contributed by atoms with van der Waals surface area (Å²) in [6.45, 7) is 4.56. The van der Waals surface area contributed by atoms with Crippen LogP contribution < -0.4 is 16.0 Å². The van der Waals surface area contributed by atoms with E-state index in [0.29, 0.717) is 11.6 Å². The topological polar surface area (TPSA) is 66.0 Å². The van der Waals surface area contributed by atoms with Gasteiger partial charge >= 0.3 is 0 Å². The Balaban J connectivity index is 0.000000246. The zero-order valence-corrected chi connectivity index (χ0v) is 13.7. The Morgan fingerprint density at radius 3 is 2.32 bits per heavy atom. The standard InChI is InChI=1S/C12H15ClN2O.C4H10N2/c13-11-10(7-4-8-14-11)12(16)15-9-5-2-1-3-6-9;1-2-6-4-3-5-1/h4,7-9H,1-3,5-6H2,(H,15,16);5-6H,1-4H2. The zero-order valence-electron chi connectivity index (χ0n) is 12.9. The molecule has 1 saturated carbocycles. The van der Waals surface area contributed by atoms with Crippen LogP contribution in [0.3, 0.4) is 0 Å². The molecule has 3 N–H and O–H groups in total. The first kappa shape index (κ1) is 17.2. The minimum atomic E-state index is -0.106.